The third-order valence-electron chi connectivity index (χ3n) is 3.54. The van der Waals surface area contributed by atoms with E-state index in [9.17, 15) is 0 Å². The van der Waals surface area contributed by atoms with E-state index in [1.165, 1.54) is 11.1 Å². The minimum Gasteiger partial charge on any atom is -0.496 e. The van der Waals surface area contributed by atoms with Crippen LogP contribution in [-0.4, -0.2) is 18.6 Å². The highest BCUT2D eigenvalue weighted by Gasteiger charge is 2.16. The molecule has 4 heteroatoms. The van der Waals surface area contributed by atoms with Crippen LogP contribution in [0.2, 0.25) is 0 Å². The zero-order valence-electron chi connectivity index (χ0n) is 12.7. The van der Waals surface area contributed by atoms with E-state index in [1.807, 2.05) is 24.4 Å². The molecule has 1 heterocycles. The van der Waals surface area contributed by atoms with Crippen LogP contribution in [0.1, 0.15) is 29.8 Å². The first-order valence-corrected chi connectivity index (χ1v) is 7.92. The Morgan fingerprint density at radius 2 is 2.14 bits per heavy atom. The van der Waals surface area contributed by atoms with Crippen molar-refractivity contribution in [2.75, 3.05) is 13.7 Å². The van der Waals surface area contributed by atoms with Gasteiger partial charge in [0.05, 0.1) is 7.11 Å². The van der Waals surface area contributed by atoms with Crippen molar-refractivity contribution >= 4 is 15.9 Å². The predicted molar refractivity (Wildman–Crippen MR) is 89.8 cm³/mol. The van der Waals surface area contributed by atoms with Crippen molar-refractivity contribution in [2.24, 2.45) is 0 Å². The molecule has 0 radical (unpaired) electrons. The third-order valence-corrected chi connectivity index (χ3v) is 4.03. The molecule has 0 aliphatic rings. The van der Waals surface area contributed by atoms with Crippen molar-refractivity contribution in [1.29, 1.82) is 0 Å². The molecule has 0 amide bonds. The fraction of sp³-hybridized carbons (Fsp3) is 0.353. The number of halogens is 1. The Balaban J connectivity index is 2.33. The van der Waals surface area contributed by atoms with Gasteiger partial charge in [0, 0.05) is 22.4 Å². The lowest BCUT2D eigenvalue weighted by molar-refractivity contribution is 0.405. The van der Waals surface area contributed by atoms with Crippen molar-refractivity contribution in [3.05, 3.63) is 57.8 Å². The number of aryl methyl sites for hydroxylation is 1. The lowest BCUT2D eigenvalue weighted by atomic mass is 9.97. The van der Waals surface area contributed by atoms with Crippen LogP contribution in [0.25, 0.3) is 0 Å². The molecule has 1 N–H and O–H groups in total. The van der Waals surface area contributed by atoms with Gasteiger partial charge in [-0.3, -0.25) is 4.98 Å². The van der Waals surface area contributed by atoms with E-state index >= 15 is 0 Å². The van der Waals surface area contributed by atoms with Crippen LogP contribution in [0.15, 0.2) is 41.0 Å². The van der Waals surface area contributed by atoms with Gasteiger partial charge in [-0.05, 0) is 55.3 Å². The molecule has 2 rings (SSSR count). The molecule has 1 atom stereocenters. The van der Waals surface area contributed by atoms with Gasteiger partial charge in [-0.15, -0.1) is 0 Å². The molecule has 1 aromatic heterocycles. The second-order valence-electron chi connectivity index (χ2n) is 4.95. The maximum Gasteiger partial charge on any atom is 0.122 e. The van der Waals surface area contributed by atoms with Crippen LogP contribution in [0.3, 0.4) is 0 Å². The summed E-state index contributed by atoms with van der Waals surface area (Å²) in [4.78, 5) is 4.40. The number of rotatable bonds is 6. The quantitative estimate of drug-likeness (QED) is 0.854. The molecule has 1 aromatic carbocycles. The lowest BCUT2D eigenvalue weighted by Crippen LogP contribution is -2.24. The smallest absolute Gasteiger partial charge is 0.122 e. The highest BCUT2D eigenvalue weighted by Crippen LogP contribution is 2.28. The Bertz CT molecular complexity index is 601. The van der Waals surface area contributed by atoms with Gasteiger partial charge in [0.2, 0.25) is 0 Å². The van der Waals surface area contributed by atoms with Crippen molar-refractivity contribution in [1.82, 2.24) is 10.3 Å². The van der Waals surface area contributed by atoms with E-state index < -0.39 is 0 Å². The van der Waals surface area contributed by atoms with Gasteiger partial charge in [-0.25, -0.2) is 0 Å². The first-order chi connectivity index (χ1) is 10.2. The van der Waals surface area contributed by atoms with Crippen LogP contribution in [0, 0.1) is 6.92 Å². The SMILES string of the molecule is CCNC(Cc1cc(Br)ccc1OC)c1cccnc1C. The summed E-state index contributed by atoms with van der Waals surface area (Å²) in [6, 6.07) is 10.5. The molecule has 0 fully saturated rings. The van der Waals surface area contributed by atoms with Gasteiger partial charge >= 0.3 is 0 Å². The molecule has 0 saturated carbocycles. The summed E-state index contributed by atoms with van der Waals surface area (Å²) in [5.41, 5.74) is 3.49. The maximum atomic E-state index is 5.48. The molecular weight excluding hydrogens is 328 g/mol. The molecule has 1 unspecified atom stereocenters. The minimum atomic E-state index is 0.229. The number of hydrogen-bond donors (Lipinski definition) is 1. The number of pyridine rings is 1. The lowest BCUT2D eigenvalue weighted by Gasteiger charge is -2.21. The third kappa shape index (κ3) is 4.05. The van der Waals surface area contributed by atoms with E-state index in [0.29, 0.717) is 0 Å². The Morgan fingerprint density at radius 3 is 2.81 bits per heavy atom. The molecule has 112 valence electrons. The van der Waals surface area contributed by atoms with Gasteiger partial charge < -0.3 is 10.1 Å². The molecule has 2 aromatic rings. The monoisotopic (exact) mass is 348 g/mol. The summed E-state index contributed by atoms with van der Waals surface area (Å²) >= 11 is 3.54. The molecule has 0 aliphatic heterocycles. The normalized spacial score (nSPS) is 12.2. The van der Waals surface area contributed by atoms with E-state index in [-0.39, 0.29) is 6.04 Å². The molecule has 0 aliphatic carbocycles. The van der Waals surface area contributed by atoms with Crippen LogP contribution in [0.5, 0.6) is 5.75 Å². The summed E-state index contributed by atoms with van der Waals surface area (Å²) in [5, 5.41) is 3.55. The van der Waals surface area contributed by atoms with E-state index in [2.05, 4.69) is 52.2 Å². The zero-order valence-corrected chi connectivity index (χ0v) is 14.3. The average molecular weight is 349 g/mol. The Hall–Kier alpha value is -1.39. The second kappa shape index (κ2) is 7.57. The zero-order chi connectivity index (χ0) is 15.2. The molecule has 0 spiro atoms. The van der Waals surface area contributed by atoms with Crippen molar-refractivity contribution in [3.63, 3.8) is 0 Å². The van der Waals surface area contributed by atoms with E-state index in [1.54, 1.807) is 7.11 Å². The molecule has 21 heavy (non-hydrogen) atoms. The van der Waals surface area contributed by atoms with Gasteiger partial charge in [-0.1, -0.05) is 28.9 Å². The van der Waals surface area contributed by atoms with Gasteiger partial charge in [0.15, 0.2) is 0 Å². The number of hydrogen-bond acceptors (Lipinski definition) is 3. The second-order valence-corrected chi connectivity index (χ2v) is 5.86. The van der Waals surface area contributed by atoms with Gasteiger partial charge in [-0.2, -0.15) is 0 Å². The molecule has 0 saturated heterocycles. The fourth-order valence-corrected chi connectivity index (χ4v) is 2.94. The minimum absolute atomic E-state index is 0.229. The average Bonchev–Trinajstić information content (AvgIpc) is 2.48. The van der Waals surface area contributed by atoms with Crippen molar-refractivity contribution in [3.8, 4) is 5.75 Å². The fourth-order valence-electron chi connectivity index (χ4n) is 2.53. The Morgan fingerprint density at radius 1 is 1.33 bits per heavy atom. The van der Waals surface area contributed by atoms with Crippen LogP contribution >= 0.6 is 15.9 Å². The predicted octanol–water partition coefficient (Wildman–Crippen LogP) is 4.05. The topological polar surface area (TPSA) is 34.1 Å². The van der Waals surface area contributed by atoms with Gasteiger partial charge in [0.1, 0.15) is 5.75 Å². The summed E-state index contributed by atoms with van der Waals surface area (Å²) in [5.74, 6) is 0.919. The van der Waals surface area contributed by atoms with E-state index in [4.69, 9.17) is 4.74 Å². The summed E-state index contributed by atoms with van der Waals surface area (Å²) in [6.07, 6.45) is 2.70. The molecule has 0 bridgehead atoms. The van der Waals surface area contributed by atoms with Crippen LogP contribution in [-0.2, 0) is 6.42 Å². The standard InChI is InChI=1S/C17H21BrN2O/c1-4-19-16(15-6-5-9-20-12(15)2)11-13-10-14(18)7-8-17(13)21-3/h5-10,16,19H,4,11H2,1-3H3. The number of benzene rings is 1. The number of ether oxygens (including phenoxy) is 1. The summed E-state index contributed by atoms with van der Waals surface area (Å²) in [6.45, 7) is 5.09. The van der Waals surface area contributed by atoms with Crippen molar-refractivity contribution < 1.29 is 4.74 Å². The number of methoxy groups -OCH3 is 1. The number of aromatic nitrogens is 1. The Kier molecular flexibility index (Phi) is 5.76. The first kappa shape index (κ1) is 16.0. The van der Waals surface area contributed by atoms with Gasteiger partial charge in [0.25, 0.3) is 0 Å². The largest absolute Gasteiger partial charge is 0.496 e. The van der Waals surface area contributed by atoms with Crippen LogP contribution < -0.4 is 10.1 Å². The molecular formula is C17H21BrN2O. The summed E-state index contributed by atoms with van der Waals surface area (Å²) in [7, 11) is 1.71. The number of nitrogens with zero attached hydrogens (tertiary/aromatic N) is 1. The first-order valence-electron chi connectivity index (χ1n) is 7.13. The van der Waals surface area contributed by atoms with E-state index in [0.717, 1.165) is 28.9 Å². The van der Waals surface area contributed by atoms with Crippen molar-refractivity contribution in [2.45, 2.75) is 26.3 Å². The summed E-state index contributed by atoms with van der Waals surface area (Å²) < 4.78 is 6.55. The number of likely N-dealkylation sites (N-methyl/N-ethyl adjacent to an activating group) is 1. The maximum absolute atomic E-state index is 5.48. The highest BCUT2D eigenvalue weighted by molar-refractivity contribution is 9.10. The number of nitrogens with one attached hydrogen (secondary N) is 1. The van der Waals surface area contributed by atoms with Crippen LogP contribution in [0.4, 0.5) is 0 Å². The Labute approximate surface area is 134 Å². The molecule has 3 nitrogen and oxygen atoms in total. The highest BCUT2D eigenvalue weighted by atomic mass is 79.9.